The molecule has 5 nitrogen and oxygen atoms in total. The van der Waals surface area contributed by atoms with Gasteiger partial charge < -0.3 is 10.6 Å². The van der Waals surface area contributed by atoms with Crippen LogP contribution in [0.1, 0.15) is 32.1 Å². The highest BCUT2D eigenvalue weighted by atomic mass is 32.2. The van der Waals surface area contributed by atoms with Crippen molar-refractivity contribution < 1.29 is 13.2 Å². The van der Waals surface area contributed by atoms with Crippen LogP contribution in [0.15, 0.2) is 0 Å². The van der Waals surface area contributed by atoms with Gasteiger partial charge in [-0.15, -0.1) is 0 Å². The quantitative estimate of drug-likeness (QED) is 0.763. The molecular formula is C12H22N2O3S. The van der Waals surface area contributed by atoms with Crippen molar-refractivity contribution in [3.05, 3.63) is 0 Å². The zero-order chi connectivity index (χ0) is 13.0. The second-order valence-corrected chi connectivity index (χ2v) is 7.65. The van der Waals surface area contributed by atoms with Crippen LogP contribution in [0.3, 0.4) is 0 Å². The van der Waals surface area contributed by atoms with Crippen LogP contribution in [0.4, 0.5) is 0 Å². The molecule has 6 heteroatoms. The Morgan fingerprint density at radius 1 is 1.22 bits per heavy atom. The van der Waals surface area contributed by atoms with Crippen LogP contribution in [0.25, 0.3) is 0 Å². The van der Waals surface area contributed by atoms with E-state index >= 15 is 0 Å². The third kappa shape index (κ3) is 4.24. The summed E-state index contributed by atoms with van der Waals surface area (Å²) in [5.74, 6) is 0.856. The highest BCUT2D eigenvalue weighted by Crippen LogP contribution is 2.17. The standard InChI is InChI=1S/C12H22N2O3S/c15-12(8-10-3-5-13-6-4-10)14-11-2-1-7-18(16,17)9-11/h10-11,13H,1-9H2,(H,14,15). The van der Waals surface area contributed by atoms with E-state index in [1.807, 2.05) is 0 Å². The number of carbonyl (C=O) groups excluding carboxylic acids is 1. The molecule has 0 aromatic rings. The molecule has 0 radical (unpaired) electrons. The molecule has 2 rings (SSSR count). The van der Waals surface area contributed by atoms with Crippen LogP contribution in [0, 0.1) is 5.92 Å². The molecule has 1 amide bonds. The fourth-order valence-electron chi connectivity index (χ4n) is 2.77. The van der Waals surface area contributed by atoms with Crippen molar-refractivity contribution in [2.45, 2.75) is 38.1 Å². The topological polar surface area (TPSA) is 75.3 Å². The maximum absolute atomic E-state index is 11.9. The molecular weight excluding hydrogens is 252 g/mol. The highest BCUT2D eigenvalue weighted by molar-refractivity contribution is 7.91. The van der Waals surface area contributed by atoms with E-state index < -0.39 is 9.84 Å². The first-order valence-corrected chi connectivity index (χ1v) is 8.58. The summed E-state index contributed by atoms with van der Waals surface area (Å²) in [4.78, 5) is 11.9. The number of amides is 1. The Morgan fingerprint density at radius 3 is 2.61 bits per heavy atom. The van der Waals surface area contributed by atoms with Gasteiger partial charge in [-0.1, -0.05) is 0 Å². The Kier molecular flexibility index (Phi) is 4.61. The molecule has 104 valence electrons. The minimum absolute atomic E-state index is 0.0176. The Labute approximate surface area is 109 Å². The molecule has 2 aliphatic heterocycles. The van der Waals surface area contributed by atoms with E-state index in [4.69, 9.17) is 0 Å². The van der Waals surface area contributed by atoms with E-state index in [2.05, 4.69) is 10.6 Å². The fraction of sp³-hybridized carbons (Fsp3) is 0.917. The average molecular weight is 274 g/mol. The van der Waals surface area contributed by atoms with Gasteiger partial charge in [0.15, 0.2) is 9.84 Å². The van der Waals surface area contributed by atoms with Gasteiger partial charge in [-0.3, -0.25) is 4.79 Å². The summed E-state index contributed by atoms with van der Waals surface area (Å²) >= 11 is 0. The Bertz CT molecular complexity index is 388. The van der Waals surface area contributed by atoms with Gasteiger partial charge in [0.1, 0.15) is 0 Å². The Balaban J connectivity index is 1.76. The number of hydrogen-bond donors (Lipinski definition) is 2. The van der Waals surface area contributed by atoms with Gasteiger partial charge in [0.2, 0.25) is 5.91 Å². The molecule has 0 aliphatic carbocycles. The van der Waals surface area contributed by atoms with Crippen LogP contribution < -0.4 is 10.6 Å². The summed E-state index contributed by atoms with van der Waals surface area (Å²) in [6.07, 6.45) is 4.07. The van der Waals surface area contributed by atoms with Crippen molar-refractivity contribution in [1.29, 1.82) is 0 Å². The van der Waals surface area contributed by atoms with E-state index in [9.17, 15) is 13.2 Å². The van der Waals surface area contributed by atoms with E-state index in [-0.39, 0.29) is 23.5 Å². The van der Waals surface area contributed by atoms with Crippen molar-refractivity contribution >= 4 is 15.7 Å². The predicted molar refractivity (Wildman–Crippen MR) is 70.0 cm³/mol. The van der Waals surface area contributed by atoms with Gasteiger partial charge in [0, 0.05) is 12.5 Å². The van der Waals surface area contributed by atoms with Crippen LogP contribution in [0.2, 0.25) is 0 Å². The lowest BCUT2D eigenvalue weighted by Crippen LogP contribution is -2.44. The predicted octanol–water partition coefficient (Wildman–Crippen LogP) is 0.0695. The van der Waals surface area contributed by atoms with E-state index in [1.54, 1.807) is 0 Å². The average Bonchev–Trinajstić information content (AvgIpc) is 2.28. The molecule has 2 saturated heterocycles. The summed E-state index contributed by atoms with van der Waals surface area (Å²) < 4.78 is 22.9. The van der Waals surface area contributed by atoms with Gasteiger partial charge in [-0.2, -0.15) is 0 Å². The summed E-state index contributed by atoms with van der Waals surface area (Å²) in [5, 5.41) is 6.15. The lowest BCUT2D eigenvalue weighted by Gasteiger charge is -2.25. The number of rotatable bonds is 3. The first-order valence-electron chi connectivity index (χ1n) is 6.76. The molecule has 1 unspecified atom stereocenters. The molecule has 0 spiro atoms. The van der Waals surface area contributed by atoms with Gasteiger partial charge in [0.25, 0.3) is 0 Å². The zero-order valence-electron chi connectivity index (χ0n) is 10.7. The van der Waals surface area contributed by atoms with Crippen molar-refractivity contribution in [1.82, 2.24) is 10.6 Å². The van der Waals surface area contributed by atoms with E-state index in [1.165, 1.54) is 0 Å². The largest absolute Gasteiger partial charge is 0.352 e. The maximum atomic E-state index is 11.9. The normalized spacial score (nSPS) is 28.8. The second kappa shape index (κ2) is 6.02. The Morgan fingerprint density at radius 2 is 1.94 bits per heavy atom. The number of carbonyl (C=O) groups is 1. The van der Waals surface area contributed by atoms with Crippen molar-refractivity contribution in [2.24, 2.45) is 5.92 Å². The van der Waals surface area contributed by atoms with Gasteiger partial charge in [-0.25, -0.2) is 8.42 Å². The molecule has 0 aromatic heterocycles. The minimum atomic E-state index is -2.94. The minimum Gasteiger partial charge on any atom is -0.352 e. The molecule has 2 aliphatic rings. The second-order valence-electron chi connectivity index (χ2n) is 5.42. The molecule has 1 atom stereocenters. The number of sulfone groups is 1. The summed E-state index contributed by atoms with van der Waals surface area (Å²) in [7, 11) is -2.94. The first-order chi connectivity index (χ1) is 8.55. The van der Waals surface area contributed by atoms with Crippen LogP contribution in [-0.2, 0) is 14.6 Å². The summed E-state index contributed by atoms with van der Waals surface area (Å²) in [5.41, 5.74) is 0. The lowest BCUT2D eigenvalue weighted by molar-refractivity contribution is -0.122. The third-order valence-corrected chi connectivity index (χ3v) is 5.58. The number of nitrogens with one attached hydrogen (secondary N) is 2. The molecule has 18 heavy (non-hydrogen) atoms. The molecule has 2 fully saturated rings. The lowest BCUT2D eigenvalue weighted by atomic mass is 9.94. The monoisotopic (exact) mass is 274 g/mol. The summed E-state index contributed by atoms with van der Waals surface area (Å²) in [6.45, 7) is 1.96. The molecule has 2 heterocycles. The van der Waals surface area contributed by atoms with Crippen molar-refractivity contribution in [3.8, 4) is 0 Å². The molecule has 0 bridgehead atoms. The van der Waals surface area contributed by atoms with Crippen molar-refractivity contribution in [3.63, 3.8) is 0 Å². The Hall–Kier alpha value is -0.620. The van der Waals surface area contributed by atoms with Gasteiger partial charge in [0.05, 0.1) is 11.5 Å². The highest BCUT2D eigenvalue weighted by Gasteiger charge is 2.26. The van der Waals surface area contributed by atoms with E-state index in [0.717, 1.165) is 32.4 Å². The molecule has 2 N–H and O–H groups in total. The van der Waals surface area contributed by atoms with Crippen LogP contribution in [-0.4, -0.2) is 45.0 Å². The van der Waals surface area contributed by atoms with Crippen molar-refractivity contribution in [2.75, 3.05) is 24.6 Å². The number of hydrogen-bond acceptors (Lipinski definition) is 4. The molecule has 0 aromatic carbocycles. The zero-order valence-corrected chi connectivity index (χ0v) is 11.5. The van der Waals surface area contributed by atoms with Gasteiger partial charge in [-0.05, 0) is 44.7 Å². The fourth-order valence-corrected chi connectivity index (χ4v) is 4.41. The SMILES string of the molecule is O=C(CC1CCNCC1)NC1CCCS(=O)(=O)C1. The smallest absolute Gasteiger partial charge is 0.220 e. The van der Waals surface area contributed by atoms with Crippen LogP contribution >= 0.6 is 0 Å². The third-order valence-electron chi connectivity index (χ3n) is 3.76. The summed E-state index contributed by atoms with van der Waals surface area (Å²) in [6, 6.07) is -0.169. The van der Waals surface area contributed by atoms with Gasteiger partial charge >= 0.3 is 0 Å². The maximum Gasteiger partial charge on any atom is 0.220 e. The number of piperidine rings is 1. The molecule has 0 saturated carbocycles. The first kappa shape index (κ1) is 13.8. The van der Waals surface area contributed by atoms with E-state index in [0.29, 0.717) is 18.8 Å². The van der Waals surface area contributed by atoms with Crippen LogP contribution in [0.5, 0.6) is 0 Å².